The zero-order chi connectivity index (χ0) is 16.8. The number of aromatic nitrogens is 1. The van der Waals surface area contributed by atoms with Gasteiger partial charge in [-0.2, -0.15) is 0 Å². The van der Waals surface area contributed by atoms with Crippen LogP contribution in [0.3, 0.4) is 0 Å². The Labute approximate surface area is 168 Å². The number of nitrogens with zero attached hydrogens (tertiary/aromatic N) is 3. The molecule has 2 saturated heterocycles. The molecule has 0 bridgehead atoms. The minimum absolute atomic E-state index is 0. The van der Waals surface area contributed by atoms with Crippen molar-refractivity contribution in [3.05, 3.63) is 23.9 Å². The van der Waals surface area contributed by atoms with E-state index in [2.05, 4.69) is 22.1 Å². The highest BCUT2D eigenvalue weighted by Crippen LogP contribution is 2.23. The topological polar surface area (TPSA) is 57.7 Å². The maximum absolute atomic E-state index is 13.0. The van der Waals surface area contributed by atoms with Gasteiger partial charge < -0.3 is 19.9 Å². The van der Waals surface area contributed by atoms with Crippen LogP contribution in [0.4, 0.5) is 5.82 Å². The number of anilines is 1. The first-order valence-electron chi connectivity index (χ1n) is 9.07. The maximum Gasteiger partial charge on any atom is 0.257 e. The van der Waals surface area contributed by atoms with E-state index in [9.17, 15) is 4.79 Å². The lowest BCUT2D eigenvalue weighted by atomic mass is 9.96. The van der Waals surface area contributed by atoms with E-state index in [-0.39, 0.29) is 30.7 Å². The summed E-state index contributed by atoms with van der Waals surface area (Å²) in [7, 11) is 0. The minimum Gasteiger partial charge on any atom is -0.378 e. The van der Waals surface area contributed by atoms with Gasteiger partial charge in [0.1, 0.15) is 5.82 Å². The Morgan fingerprint density at radius 3 is 2.58 bits per heavy atom. The molecule has 1 amide bonds. The summed E-state index contributed by atoms with van der Waals surface area (Å²) < 4.78 is 5.41. The van der Waals surface area contributed by atoms with E-state index in [0.717, 1.165) is 63.5 Å². The molecule has 2 aliphatic rings. The summed E-state index contributed by atoms with van der Waals surface area (Å²) in [5.41, 5.74) is 0.726. The van der Waals surface area contributed by atoms with Gasteiger partial charge in [-0.25, -0.2) is 4.98 Å². The zero-order valence-electron chi connectivity index (χ0n) is 15.4. The monoisotopic (exact) mass is 404 g/mol. The Hall–Kier alpha value is -1.08. The largest absolute Gasteiger partial charge is 0.378 e. The number of rotatable bonds is 5. The van der Waals surface area contributed by atoms with Gasteiger partial charge in [0.05, 0.1) is 18.8 Å². The number of pyridine rings is 1. The molecular formula is C18H30Cl2N4O2. The molecule has 1 aromatic heterocycles. The molecule has 8 heteroatoms. The first-order chi connectivity index (χ1) is 11.8. The van der Waals surface area contributed by atoms with Crippen LogP contribution in [0.2, 0.25) is 0 Å². The van der Waals surface area contributed by atoms with Gasteiger partial charge in [0.2, 0.25) is 0 Å². The molecule has 0 atom stereocenters. The van der Waals surface area contributed by atoms with Crippen LogP contribution < -0.4 is 10.2 Å². The van der Waals surface area contributed by atoms with E-state index in [0.29, 0.717) is 19.1 Å². The van der Waals surface area contributed by atoms with Gasteiger partial charge in [-0.3, -0.25) is 4.79 Å². The van der Waals surface area contributed by atoms with Gasteiger partial charge in [-0.05, 0) is 44.0 Å². The normalized spacial score (nSPS) is 18.0. The number of likely N-dealkylation sites (tertiary alicyclic amines) is 1. The van der Waals surface area contributed by atoms with Crippen LogP contribution in [0, 0.1) is 5.92 Å². The SMILES string of the molecule is CCNCC1CCN(C(=O)c2cccnc2N2CCOCC2)CC1.Cl.Cl. The Kier molecular flexibility index (Phi) is 10.2. The molecule has 1 aromatic rings. The number of piperidine rings is 1. The van der Waals surface area contributed by atoms with Crippen LogP contribution in [0.15, 0.2) is 18.3 Å². The lowest BCUT2D eigenvalue weighted by molar-refractivity contribution is 0.0689. The van der Waals surface area contributed by atoms with E-state index < -0.39 is 0 Å². The second-order valence-electron chi connectivity index (χ2n) is 6.52. The minimum atomic E-state index is 0. The first-order valence-corrected chi connectivity index (χ1v) is 9.07. The summed E-state index contributed by atoms with van der Waals surface area (Å²) in [6.07, 6.45) is 3.92. The number of hydrogen-bond donors (Lipinski definition) is 1. The Bertz CT molecular complexity index is 548. The number of morpholine rings is 1. The van der Waals surface area contributed by atoms with Crippen molar-refractivity contribution in [2.75, 3.05) is 57.4 Å². The average molecular weight is 405 g/mol. The van der Waals surface area contributed by atoms with Crippen LogP contribution in [-0.4, -0.2) is 68.3 Å². The van der Waals surface area contributed by atoms with Crippen molar-refractivity contribution >= 4 is 36.5 Å². The maximum atomic E-state index is 13.0. The highest BCUT2D eigenvalue weighted by Gasteiger charge is 2.27. The molecule has 148 valence electrons. The first kappa shape index (κ1) is 23.0. The van der Waals surface area contributed by atoms with Gasteiger partial charge >= 0.3 is 0 Å². The van der Waals surface area contributed by atoms with Gasteiger partial charge in [0, 0.05) is 32.4 Å². The molecule has 2 fully saturated rings. The predicted octanol–water partition coefficient (Wildman–Crippen LogP) is 2.22. The number of halogens is 2. The fraction of sp³-hybridized carbons (Fsp3) is 0.667. The van der Waals surface area contributed by atoms with E-state index >= 15 is 0 Å². The molecule has 26 heavy (non-hydrogen) atoms. The summed E-state index contributed by atoms with van der Waals surface area (Å²) in [5, 5.41) is 3.41. The van der Waals surface area contributed by atoms with E-state index in [1.54, 1.807) is 6.20 Å². The van der Waals surface area contributed by atoms with Gasteiger partial charge in [-0.1, -0.05) is 6.92 Å². The van der Waals surface area contributed by atoms with Crippen molar-refractivity contribution in [2.45, 2.75) is 19.8 Å². The summed E-state index contributed by atoms with van der Waals surface area (Å²) in [6.45, 7) is 8.86. The average Bonchev–Trinajstić information content (AvgIpc) is 2.67. The highest BCUT2D eigenvalue weighted by atomic mass is 35.5. The molecule has 0 unspecified atom stereocenters. The molecule has 6 nitrogen and oxygen atoms in total. The number of ether oxygens (including phenoxy) is 1. The summed E-state index contributed by atoms with van der Waals surface area (Å²) >= 11 is 0. The summed E-state index contributed by atoms with van der Waals surface area (Å²) in [6, 6.07) is 3.76. The van der Waals surface area contributed by atoms with Gasteiger partial charge in [0.25, 0.3) is 5.91 Å². The van der Waals surface area contributed by atoms with E-state index in [1.165, 1.54) is 0 Å². The van der Waals surface area contributed by atoms with Crippen molar-refractivity contribution in [1.82, 2.24) is 15.2 Å². The molecule has 3 rings (SSSR count). The third-order valence-corrected chi connectivity index (χ3v) is 4.91. The van der Waals surface area contributed by atoms with Crippen LogP contribution in [-0.2, 0) is 4.74 Å². The lowest BCUT2D eigenvalue weighted by Gasteiger charge is -2.34. The Morgan fingerprint density at radius 2 is 1.92 bits per heavy atom. The molecule has 0 radical (unpaired) electrons. The van der Waals surface area contributed by atoms with Crippen molar-refractivity contribution < 1.29 is 9.53 Å². The molecule has 1 N–H and O–H groups in total. The second-order valence-corrected chi connectivity index (χ2v) is 6.52. The predicted molar refractivity (Wildman–Crippen MR) is 109 cm³/mol. The van der Waals surface area contributed by atoms with E-state index in [1.807, 2.05) is 17.0 Å². The van der Waals surface area contributed by atoms with Crippen LogP contribution in [0.25, 0.3) is 0 Å². The number of nitrogens with one attached hydrogen (secondary N) is 1. The molecule has 2 aliphatic heterocycles. The summed E-state index contributed by atoms with van der Waals surface area (Å²) in [5.74, 6) is 1.61. The standard InChI is InChI=1S/C18H28N4O2.2ClH/c1-2-19-14-15-5-8-22(9-6-15)18(23)16-4-3-7-20-17(16)21-10-12-24-13-11-21;;/h3-4,7,15,19H,2,5-6,8-14H2,1H3;2*1H. The van der Waals surface area contributed by atoms with Crippen LogP contribution >= 0.6 is 24.8 Å². The number of carbonyl (C=O) groups is 1. The van der Waals surface area contributed by atoms with Gasteiger partial charge in [0.15, 0.2) is 0 Å². The lowest BCUT2D eigenvalue weighted by Crippen LogP contribution is -2.42. The molecule has 0 spiro atoms. The Balaban J connectivity index is 0.00000169. The second kappa shape index (κ2) is 11.6. The van der Waals surface area contributed by atoms with Crippen molar-refractivity contribution in [3.63, 3.8) is 0 Å². The Morgan fingerprint density at radius 1 is 1.23 bits per heavy atom. The van der Waals surface area contributed by atoms with Crippen molar-refractivity contribution in [2.24, 2.45) is 5.92 Å². The number of carbonyl (C=O) groups excluding carboxylic acids is 1. The molecular weight excluding hydrogens is 375 g/mol. The highest BCUT2D eigenvalue weighted by molar-refractivity contribution is 5.99. The number of amides is 1. The van der Waals surface area contributed by atoms with Gasteiger partial charge in [-0.15, -0.1) is 24.8 Å². The molecule has 3 heterocycles. The molecule has 0 saturated carbocycles. The van der Waals surface area contributed by atoms with Crippen molar-refractivity contribution in [3.8, 4) is 0 Å². The fourth-order valence-corrected chi connectivity index (χ4v) is 3.45. The zero-order valence-corrected chi connectivity index (χ0v) is 17.0. The third-order valence-electron chi connectivity index (χ3n) is 4.91. The quantitative estimate of drug-likeness (QED) is 0.814. The number of hydrogen-bond acceptors (Lipinski definition) is 5. The molecule has 0 aliphatic carbocycles. The smallest absolute Gasteiger partial charge is 0.257 e. The van der Waals surface area contributed by atoms with Crippen LogP contribution in [0.1, 0.15) is 30.1 Å². The van der Waals surface area contributed by atoms with Crippen LogP contribution in [0.5, 0.6) is 0 Å². The van der Waals surface area contributed by atoms with Crippen molar-refractivity contribution in [1.29, 1.82) is 0 Å². The fourth-order valence-electron chi connectivity index (χ4n) is 3.45. The summed E-state index contributed by atoms with van der Waals surface area (Å²) in [4.78, 5) is 21.6. The van der Waals surface area contributed by atoms with E-state index in [4.69, 9.17) is 4.74 Å². The molecule has 0 aromatic carbocycles. The third kappa shape index (κ3) is 5.71.